The summed E-state index contributed by atoms with van der Waals surface area (Å²) in [6.45, 7) is 29.4. The van der Waals surface area contributed by atoms with Crippen molar-refractivity contribution in [1.82, 2.24) is 14.5 Å². The van der Waals surface area contributed by atoms with Crippen molar-refractivity contribution >= 4 is 38.9 Å². The van der Waals surface area contributed by atoms with E-state index in [0.29, 0.717) is 0 Å². The van der Waals surface area contributed by atoms with Crippen LogP contribution in [-0.4, -0.2) is 28.3 Å². The number of rotatable bonds is 3. The largest absolute Gasteiger partial charge is 0.457 e. The Labute approximate surface area is 384 Å². The third-order valence-electron chi connectivity index (χ3n) is 14.4. The van der Waals surface area contributed by atoms with Crippen molar-refractivity contribution in [2.45, 2.75) is 110 Å². The van der Waals surface area contributed by atoms with E-state index >= 15 is 0 Å². The van der Waals surface area contributed by atoms with Gasteiger partial charge in [-0.3, -0.25) is 9.55 Å². The van der Waals surface area contributed by atoms with Crippen LogP contribution in [0.5, 0.6) is 11.5 Å². The molecule has 0 unspecified atom stereocenters. The van der Waals surface area contributed by atoms with Gasteiger partial charge in [-0.25, -0.2) is 4.98 Å². The first-order chi connectivity index (χ1) is 30.7. The molecule has 0 fully saturated rings. The second-order valence-corrected chi connectivity index (χ2v) is 23.0. The highest BCUT2D eigenvalue weighted by Gasteiger charge is 2.57. The summed E-state index contributed by atoms with van der Waals surface area (Å²) in [5, 5.41) is 2.19. The van der Waals surface area contributed by atoms with Crippen LogP contribution in [0.15, 0.2) is 122 Å². The smallest absolute Gasteiger partial charge is 0.137 e. The fourth-order valence-electron chi connectivity index (χ4n) is 11.2. The molecule has 0 N–H and O–H groups in total. The molecule has 1 spiro atoms. The van der Waals surface area contributed by atoms with E-state index in [2.05, 4.69) is 200 Å². The molecule has 5 heterocycles. The zero-order valence-corrected chi connectivity index (χ0v) is 40.4. The number of anilines is 3. The number of ether oxygens (including phenoxy) is 1. The number of nitrogens with zero attached hydrogens (tertiary/aromatic N) is 5. The molecule has 0 saturated heterocycles. The Morgan fingerprint density at radius 2 is 1.20 bits per heavy atom. The molecule has 0 atom stereocenters. The Kier molecular flexibility index (Phi) is 8.63. The SMILES string of the molecule is CN1CN2c3cc(Oc4ccc5c6cnccc6n(-c6ccccn6)c5c4)ccc3C3(c4cccc1c42)c1c(cc(C(C)(C)C)cc1C(C)(C)C)-c1cc(C(C)(C)C)cc(C(C)(C)C)c13. The standard InChI is InChI=1S/C59H61N5O/c1-55(2,3)35-27-40-41-28-36(56(4,5)6)30-46(58(10,11)12)53(41)59(52(40)45(29-35)57(7,8)9)43-23-21-38(32-50(43)63-34-62(13)48-18-16-17-44(59)54(48)63)65-37-20-22-39-42-33-60-26-24-47(42)64(49(39)31-37)51-19-14-15-25-61-51/h14-33H,34H2,1-13H3. The number of para-hydroxylation sites is 1. The van der Waals surface area contributed by atoms with Gasteiger partial charge >= 0.3 is 0 Å². The molecule has 3 aromatic heterocycles. The topological polar surface area (TPSA) is 46.4 Å². The third kappa shape index (κ3) is 5.98. The van der Waals surface area contributed by atoms with Crippen LogP contribution in [-0.2, 0) is 27.1 Å². The number of hydrogen-bond donors (Lipinski definition) is 0. The average Bonchev–Trinajstić information content (AvgIpc) is 3.87. The van der Waals surface area contributed by atoms with E-state index in [4.69, 9.17) is 9.72 Å². The van der Waals surface area contributed by atoms with E-state index in [9.17, 15) is 0 Å². The minimum absolute atomic E-state index is 0.0461. The van der Waals surface area contributed by atoms with Gasteiger partial charge in [0, 0.05) is 48.5 Å². The van der Waals surface area contributed by atoms with Crippen molar-refractivity contribution in [2.75, 3.05) is 23.5 Å². The fraction of sp³-hybridized carbons (Fsp3) is 0.322. The predicted molar refractivity (Wildman–Crippen MR) is 270 cm³/mol. The van der Waals surface area contributed by atoms with Crippen LogP contribution in [0, 0.1) is 0 Å². The van der Waals surface area contributed by atoms with Crippen LogP contribution >= 0.6 is 0 Å². The number of fused-ring (bicyclic) bond motifs is 12. The Hall–Kier alpha value is -6.40. The van der Waals surface area contributed by atoms with E-state index in [0.717, 1.165) is 45.8 Å². The van der Waals surface area contributed by atoms with Crippen molar-refractivity contribution in [2.24, 2.45) is 0 Å². The van der Waals surface area contributed by atoms with E-state index in [1.807, 2.05) is 30.7 Å². The summed E-state index contributed by atoms with van der Waals surface area (Å²) in [6, 6.07) is 38.7. The fourth-order valence-corrected chi connectivity index (χ4v) is 11.2. The van der Waals surface area contributed by atoms with Crippen LogP contribution < -0.4 is 14.5 Å². The zero-order chi connectivity index (χ0) is 45.7. The Morgan fingerprint density at radius 3 is 1.82 bits per heavy atom. The summed E-state index contributed by atoms with van der Waals surface area (Å²) in [6.07, 6.45) is 5.64. The predicted octanol–water partition coefficient (Wildman–Crippen LogP) is 14.8. The van der Waals surface area contributed by atoms with Crippen LogP contribution in [0.2, 0.25) is 0 Å². The second kappa shape index (κ2) is 13.6. The second-order valence-electron chi connectivity index (χ2n) is 23.0. The highest BCUT2D eigenvalue weighted by Crippen LogP contribution is 2.68. The summed E-state index contributed by atoms with van der Waals surface area (Å²) in [5.74, 6) is 2.42. The van der Waals surface area contributed by atoms with E-state index in [1.165, 1.54) is 72.7 Å². The first-order valence-electron chi connectivity index (χ1n) is 23.3. The molecule has 3 aliphatic rings. The van der Waals surface area contributed by atoms with E-state index in [1.54, 1.807) is 0 Å². The summed E-state index contributed by atoms with van der Waals surface area (Å²) < 4.78 is 9.23. The molecule has 11 rings (SSSR count). The molecule has 2 aliphatic heterocycles. The zero-order valence-electron chi connectivity index (χ0n) is 40.4. The molecule has 0 amide bonds. The van der Waals surface area contributed by atoms with Gasteiger partial charge in [0.25, 0.3) is 0 Å². The number of aromatic nitrogens is 3. The minimum atomic E-state index is -0.611. The van der Waals surface area contributed by atoms with Crippen molar-refractivity contribution in [3.8, 4) is 28.4 Å². The van der Waals surface area contributed by atoms with Crippen molar-refractivity contribution in [1.29, 1.82) is 0 Å². The van der Waals surface area contributed by atoms with Crippen LogP contribution in [0.25, 0.3) is 38.8 Å². The van der Waals surface area contributed by atoms with Crippen molar-refractivity contribution < 1.29 is 4.74 Å². The minimum Gasteiger partial charge on any atom is -0.457 e. The van der Waals surface area contributed by atoms with Crippen LogP contribution in [0.3, 0.4) is 0 Å². The molecule has 0 radical (unpaired) electrons. The molecule has 8 aromatic rings. The van der Waals surface area contributed by atoms with E-state index in [-0.39, 0.29) is 21.7 Å². The third-order valence-corrected chi connectivity index (χ3v) is 14.4. The number of hydrogen-bond acceptors (Lipinski definition) is 5. The summed E-state index contributed by atoms with van der Waals surface area (Å²) in [5.41, 5.74) is 18.6. The lowest BCUT2D eigenvalue weighted by Gasteiger charge is -2.46. The molecular formula is C59H61N5O. The molecule has 5 aromatic carbocycles. The molecule has 1 aliphatic carbocycles. The van der Waals surface area contributed by atoms with Gasteiger partial charge < -0.3 is 14.5 Å². The van der Waals surface area contributed by atoms with Crippen molar-refractivity contribution in [3.05, 3.63) is 166 Å². The van der Waals surface area contributed by atoms with Crippen molar-refractivity contribution in [3.63, 3.8) is 0 Å². The normalized spacial score (nSPS) is 15.2. The van der Waals surface area contributed by atoms with Gasteiger partial charge in [0.05, 0.1) is 40.2 Å². The van der Waals surface area contributed by atoms with Gasteiger partial charge in [-0.1, -0.05) is 132 Å². The maximum atomic E-state index is 7.03. The quantitative estimate of drug-likeness (QED) is 0.177. The van der Waals surface area contributed by atoms with Gasteiger partial charge in [0.2, 0.25) is 0 Å². The molecule has 0 bridgehead atoms. The van der Waals surface area contributed by atoms with Crippen LogP contribution in [0.1, 0.15) is 128 Å². The first kappa shape index (κ1) is 41.3. The summed E-state index contributed by atoms with van der Waals surface area (Å²) in [4.78, 5) is 14.2. The molecule has 6 nitrogen and oxygen atoms in total. The lowest BCUT2D eigenvalue weighted by Crippen LogP contribution is -2.40. The highest BCUT2D eigenvalue weighted by molar-refractivity contribution is 6.09. The lowest BCUT2D eigenvalue weighted by molar-refractivity contribution is 0.482. The molecular weight excluding hydrogens is 795 g/mol. The number of benzene rings is 5. The monoisotopic (exact) mass is 855 g/mol. The van der Waals surface area contributed by atoms with E-state index < -0.39 is 5.41 Å². The molecule has 0 saturated carbocycles. The maximum Gasteiger partial charge on any atom is 0.137 e. The van der Waals surface area contributed by atoms with Crippen LogP contribution in [0.4, 0.5) is 17.1 Å². The number of pyridine rings is 2. The summed E-state index contributed by atoms with van der Waals surface area (Å²) in [7, 11) is 2.23. The lowest BCUT2D eigenvalue weighted by atomic mass is 9.59. The Morgan fingerprint density at radius 1 is 0.554 bits per heavy atom. The highest BCUT2D eigenvalue weighted by atomic mass is 16.5. The van der Waals surface area contributed by atoms with Gasteiger partial charge in [-0.2, -0.15) is 0 Å². The molecule has 6 heteroatoms. The summed E-state index contributed by atoms with van der Waals surface area (Å²) >= 11 is 0. The van der Waals surface area contributed by atoms with Gasteiger partial charge in [0.1, 0.15) is 17.3 Å². The van der Waals surface area contributed by atoms with Gasteiger partial charge in [-0.15, -0.1) is 0 Å². The Bertz CT molecular complexity index is 3190. The molecule has 65 heavy (non-hydrogen) atoms. The average molecular weight is 856 g/mol. The maximum absolute atomic E-state index is 7.03. The first-order valence-corrected chi connectivity index (χ1v) is 23.3. The molecule has 328 valence electrons. The van der Waals surface area contributed by atoms with Gasteiger partial charge in [0.15, 0.2) is 0 Å². The van der Waals surface area contributed by atoms with Gasteiger partial charge in [-0.05, 0) is 120 Å². The Balaban J connectivity index is 1.21.